The number of imidazole rings is 1. The minimum atomic E-state index is 0.920. The molecular formula is C11H15N3S. The van der Waals surface area contributed by atoms with E-state index in [2.05, 4.69) is 33.2 Å². The van der Waals surface area contributed by atoms with E-state index in [1.165, 1.54) is 10.4 Å². The molecule has 0 saturated heterocycles. The van der Waals surface area contributed by atoms with Crippen molar-refractivity contribution in [3.63, 3.8) is 0 Å². The molecule has 4 heteroatoms. The fraction of sp³-hybridized carbons (Fsp3) is 0.364. The Labute approximate surface area is 93.8 Å². The summed E-state index contributed by atoms with van der Waals surface area (Å²) in [4.78, 5) is 5.63. The van der Waals surface area contributed by atoms with Gasteiger partial charge in [0.25, 0.3) is 0 Å². The Morgan fingerprint density at radius 1 is 1.53 bits per heavy atom. The summed E-state index contributed by atoms with van der Waals surface area (Å²) >= 11 is 1.75. The molecule has 15 heavy (non-hydrogen) atoms. The molecular weight excluding hydrogens is 206 g/mol. The number of aromatic nitrogens is 2. The number of hydrogen-bond donors (Lipinski definition) is 1. The zero-order valence-electron chi connectivity index (χ0n) is 9.03. The maximum atomic E-state index is 4.38. The van der Waals surface area contributed by atoms with Crippen molar-refractivity contribution in [1.29, 1.82) is 0 Å². The third kappa shape index (κ3) is 2.11. The van der Waals surface area contributed by atoms with Gasteiger partial charge in [0.15, 0.2) is 0 Å². The summed E-state index contributed by atoms with van der Waals surface area (Å²) in [6.45, 7) is 4.02. The summed E-state index contributed by atoms with van der Waals surface area (Å²) in [6, 6.07) is 2.20. The summed E-state index contributed by atoms with van der Waals surface area (Å²) in [7, 11) is 1.96. The van der Waals surface area contributed by atoms with E-state index in [0.717, 1.165) is 18.9 Å². The Kier molecular flexibility index (Phi) is 3.18. The molecule has 0 aromatic carbocycles. The fourth-order valence-corrected chi connectivity index (χ4v) is 2.50. The van der Waals surface area contributed by atoms with Crippen LogP contribution in [0, 0.1) is 0 Å². The number of thiophene rings is 1. The minimum absolute atomic E-state index is 0.920. The highest BCUT2D eigenvalue weighted by atomic mass is 32.1. The van der Waals surface area contributed by atoms with Gasteiger partial charge < -0.3 is 9.88 Å². The summed E-state index contributed by atoms with van der Waals surface area (Å²) in [6.07, 6.45) is 3.88. The second kappa shape index (κ2) is 4.59. The average molecular weight is 221 g/mol. The first-order valence-electron chi connectivity index (χ1n) is 5.08. The van der Waals surface area contributed by atoms with Gasteiger partial charge in [0, 0.05) is 25.5 Å². The van der Waals surface area contributed by atoms with E-state index in [1.807, 2.05) is 19.4 Å². The fourth-order valence-electron chi connectivity index (χ4n) is 1.58. The predicted molar refractivity (Wildman–Crippen MR) is 64.0 cm³/mol. The lowest BCUT2D eigenvalue weighted by Crippen LogP contribution is -2.03. The van der Waals surface area contributed by atoms with Gasteiger partial charge in [-0.1, -0.05) is 0 Å². The van der Waals surface area contributed by atoms with Gasteiger partial charge in [0.05, 0.1) is 4.88 Å². The molecule has 0 fully saturated rings. The van der Waals surface area contributed by atoms with Crippen molar-refractivity contribution >= 4 is 11.3 Å². The highest BCUT2D eigenvalue weighted by Gasteiger charge is 2.07. The Balaban J connectivity index is 2.28. The summed E-state index contributed by atoms with van der Waals surface area (Å²) in [5.74, 6) is 1.07. The van der Waals surface area contributed by atoms with Crippen molar-refractivity contribution in [3.05, 3.63) is 29.4 Å². The van der Waals surface area contributed by atoms with Crippen LogP contribution in [-0.4, -0.2) is 16.6 Å². The maximum absolute atomic E-state index is 4.38. The van der Waals surface area contributed by atoms with Crippen molar-refractivity contribution < 1.29 is 0 Å². The zero-order valence-corrected chi connectivity index (χ0v) is 9.84. The van der Waals surface area contributed by atoms with Crippen molar-refractivity contribution in [3.8, 4) is 10.7 Å². The van der Waals surface area contributed by atoms with Crippen LogP contribution in [-0.2, 0) is 13.1 Å². The molecule has 3 nitrogen and oxygen atoms in total. The highest BCUT2D eigenvalue weighted by Crippen LogP contribution is 2.25. The van der Waals surface area contributed by atoms with Crippen LogP contribution in [0.4, 0.5) is 0 Å². The number of nitrogens with one attached hydrogen (secondary N) is 1. The van der Waals surface area contributed by atoms with Crippen molar-refractivity contribution in [2.75, 3.05) is 7.05 Å². The van der Waals surface area contributed by atoms with Crippen LogP contribution in [0.5, 0.6) is 0 Å². The van der Waals surface area contributed by atoms with Gasteiger partial charge >= 0.3 is 0 Å². The van der Waals surface area contributed by atoms with Gasteiger partial charge in [-0.15, -0.1) is 11.3 Å². The van der Waals surface area contributed by atoms with E-state index >= 15 is 0 Å². The Bertz CT molecular complexity index is 430. The lowest BCUT2D eigenvalue weighted by atomic mass is 10.3. The zero-order chi connectivity index (χ0) is 10.7. The molecule has 2 aromatic rings. The molecule has 0 unspecified atom stereocenters. The first kappa shape index (κ1) is 10.4. The minimum Gasteiger partial charge on any atom is -0.331 e. The van der Waals surface area contributed by atoms with Gasteiger partial charge in [-0.3, -0.25) is 0 Å². The molecule has 0 aliphatic heterocycles. The van der Waals surface area contributed by atoms with Gasteiger partial charge in [0.1, 0.15) is 5.82 Å². The van der Waals surface area contributed by atoms with Crippen molar-refractivity contribution in [1.82, 2.24) is 14.9 Å². The molecule has 80 valence electrons. The quantitative estimate of drug-likeness (QED) is 0.859. The van der Waals surface area contributed by atoms with Gasteiger partial charge in [-0.25, -0.2) is 4.98 Å². The largest absolute Gasteiger partial charge is 0.331 e. The molecule has 0 aliphatic rings. The van der Waals surface area contributed by atoms with Gasteiger partial charge in [-0.2, -0.15) is 0 Å². The molecule has 2 rings (SSSR count). The van der Waals surface area contributed by atoms with Crippen LogP contribution in [0.25, 0.3) is 10.7 Å². The van der Waals surface area contributed by atoms with Crippen LogP contribution in [0.1, 0.15) is 12.5 Å². The van der Waals surface area contributed by atoms with Crippen molar-refractivity contribution in [2.45, 2.75) is 20.0 Å². The van der Waals surface area contributed by atoms with Gasteiger partial charge in [0.2, 0.25) is 0 Å². The third-order valence-electron chi connectivity index (χ3n) is 2.31. The first-order chi connectivity index (χ1) is 7.35. The molecule has 0 bridgehead atoms. The molecule has 0 aliphatic carbocycles. The molecule has 2 heterocycles. The van der Waals surface area contributed by atoms with E-state index in [9.17, 15) is 0 Å². The van der Waals surface area contributed by atoms with Crippen LogP contribution < -0.4 is 5.32 Å². The van der Waals surface area contributed by atoms with E-state index in [0.29, 0.717) is 0 Å². The third-order valence-corrected chi connectivity index (χ3v) is 3.29. The normalized spacial score (nSPS) is 10.8. The van der Waals surface area contributed by atoms with E-state index in [1.54, 1.807) is 11.3 Å². The van der Waals surface area contributed by atoms with Crippen molar-refractivity contribution in [2.24, 2.45) is 0 Å². The summed E-state index contributed by atoms with van der Waals surface area (Å²) < 4.78 is 2.16. The molecule has 0 atom stereocenters. The molecule has 0 saturated carbocycles. The lowest BCUT2D eigenvalue weighted by Gasteiger charge is -2.00. The smallest absolute Gasteiger partial charge is 0.149 e. The van der Waals surface area contributed by atoms with Crippen LogP contribution in [0.3, 0.4) is 0 Å². The molecule has 2 aromatic heterocycles. The van der Waals surface area contributed by atoms with Crippen LogP contribution >= 0.6 is 11.3 Å². The number of rotatable bonds is 4. The molecule has 0 spiro atoms. The Morgan fingerprint density at radius 3 is 3.13 bits per heavy atom. The Hall–Kier alpha value is -1.13. The number of hydrogen-bond acceptors (Lipinski definition) is 3. The van der Waals surface area contributed by atoms with E-state index in [4.69, 9.17) is 0 Å². The SMILES string of the molecule is CCn1ccnc1-c1cc(CNC)cs1. The lowest BCUT2D eigenvalue weighted by molar-refractivity contribution is 0.772. The summed E-state index contributed by atoms with van der Waals surface area (Å²) in [5.41, 5.74) is 1.32. The maximum Gasteiger partial charge on any atom is 0.149 e. The van der Waals surface area contributed by atoms with Crippen LogP contribution in [0.15, 0.2) is 23.8 Å². The first-order valence-corrected chi connectivity index (χ1v) is 5.96. The van der Waals surface area contributed by atoms with Gasteiger partial charge in [-0.05, 0) is 31.0 Å². The predicted octanol–water partition coefficient (Wildman–Crippen LogP) is 2.35. The molecule has 1 N–H and O–H groups in total. The second-order valence-corrected chi connectivity index (χ2v) is 4.30. The molecule has 0 amide bonds. The number of aryl methyl sites for hydroxylation is 1. The topological polar surface area (TPSA) is 29.9 Å². The highest BCUT2D eigenvalue weighted by molar-refractivity contribution is 7.13. The monoisotopic (exact) mass is 221 g/mol. The average Bonchev–Trinajstić information content (AvgIpc) is 2.84. The summed E-state index contributed by atoms with van der Waals surface area (Å²) in [5, 5.41) is 5.33. The standard InChI is InChI=1S/C11H15N3S/c1-3-14-5-4-13-11(14)10-6-9(7-12-2)8-15-10/h4-6,8,12H,3,7H2,1-2H3. The number of nitrogens with zero attached hydrogens (tertiary/aromatic N) is 2. The Morgan fingerprint density at radius 2 is 2.40 bits per heavy atom. The van der Waals surface area contributed by atoms with Crippen LogP contribution in [0.2, 0.25) is 0 Å². The second-order valence-electron chi connectivity index (χ2n) is 3.39. The van der Waals surface area contributed by atoms with E-state index in [-0.39, 0.29) is 0 Å². The van der Waals surface area contributed by atoms with E-state index < -0.39 is 0 Å². The molecule has 0 radical (unpaired) electrons.